The number of amides is 1. The summed E-state index contributed by atoms with van der Waals surface area (Å²) in [7, 11) is 0. The fourth-order valence-corrected chi connectivity index (χ4v) is 3.91. The molecule has 1 amide bonds. The normalized spacial score (nSPS) is 24.3. The molecule has 0 spiro atoms. The molecule has 1 aliphatic rings. The van der Waals surface area contributed by atoms with Crippen molar-refractivity contribution in [1.29, 1.82) is 0 Å². The van der Waals surface area contributed by atoms with E-state index in [1.54, 1.807) is 18.2 Å². The highest BCUT2D eigenvalue weighted by Crippen LogP contribution is 2.34. The third-order valence-electron chi connectivity index (χ3n) is 5.11. The van der Waals surface area contributed by atoms with E-state index in [4.69, 9.17) is 23.4 Å². The predicted molar refractivity (Wildman–Crippen MR) is 114 cm³/mol. The van der Waals surface area contributed by atoms with E-state index < -0.39 is 60.2 Å². The molecule has 184 valence electrons. The fourth-order valence-electron chi connectivity index (χ4n) is 3.91. The lowest BCUT2D eigenvalue weighted by Crippen LogP contribution is -2.64. The quantitative estimate of drug-likeness (QED) is 0.464. The molecule has 1 saturated heterocycles. The molecule has 2 heterocycles. The monoisotopic (exact) mass is 478 g/mol. The predicted octanol–water partition coefficient (Wildman–Crippen LogP) is 0.732. The van der Waals surface area contributed by atoms with Crippen molar-refractivity contribution in [2.24, 2.45) is 0 Å². The summed E-state index contributed by atoms with van der Waals surface area (Å²) in [6, 6.07) is 3.89. The van der Waals surface area contributed by atoms with Crippen LogP contribution in [0.25, 0.3) is 11.1 Å². The lowest BCUT2D eigenvalue weighted by molar-refractivity contribution is -0.237. The van der Waals surface area contributed by atoms with Gasteiger partial charge in [-0.05, 0) is 24.6 Å². The van der Waals surface area contributed by atoms with Crippen LogP contribution in [0.5, 0.6) is 0 Å². The Morgan fingerprint density at radius 1 is 1.00 bits per heavy atom. The number of nitrogens with one attached hydrogen (secondary N) is 1. The molecule has 3 rings (SSSR count). The summed E-state index contributed by atoms with van der Waals surface area (Å²) >= 11 is 0. The molecule has 5 atom stereocenters. The lowest BCUT2D eigenvalue weighted by atomic mass is 9.94. The Morgan fingerprint density at radius 3 is 2.24 bits per heavy atom. The molecule has 1 aromatic carbocycles. The van der Waals surface area contributed by atoms with Crippen molar-refractivity contribution < 1.29 is 42.5 Å². The number of rotatable bonds is 6. The van der Waals surface area contributed by atoms with Gasteiger partial charge in [-0.15, -0.1) is 0 Å². The molecule has 0 bridgehead atoms. The largest absolute Gasteiger partial charge is 0.463 e. The maximum absolute atomic E-state index is 12.9. The number of esters is 3. The van der Waals surface area contributed by atoms with Gasteiger partial charge in [0, 0.05) is 27.7 Å². The Bertz CT molecular complexity index is 1170. The van der Waals surface area contributed by atoms with Gasteiger partial charge in [0.05, 0.1) is 5.52 Å². The van der Waals surface area contributed by atoms with Crippen LogP contribution < -0.4 is 11.1 Å². The highest BCUT2D eigenvalue weighted by atomic mass is 16.6. The molecule has 12 heteroatoms. The van der Waals surface area contributed by atoms with Gasteiger partial charge < -0.3 is 28.7 Å². The number of carbonyl (C=O) groups excluding carboxylic acids is 4. The van der Waals surface area contributed by atoms with Gasteiger partial charge in [0.25, 0.3) is 0 Å². The van der Waals surface area contributed by atoms with Crippen LogP contribution in [0.1, 0.15) is 39.5 Å². The van der Waals surface area contributed by atoms with Crippen LogP contribution in [-0.2, 0) is 38.1 Å². The van der Waals surface area contributed by atoms with Gasteiger partial charge >= 0.3 is 23.7 Å². The first-order valence-corrected chi connectivity index (χ1v) is 10.5. The number of oxazole rings is 1. The topological polar surface area (TPSA) is 152 Å². The third-order valence-corrected chi connectivity index (χ3v) is 5.11. The van der Waals surface area contributed by atoms with Crippen molar-refractivity contribution in [2.75, 3.05) is 6.61 Å². The SMILES string of the molecule is CC(=O)N[C@@H]1[C@H](OC(C)=O)[C@H](OC(C)=O)[C@@H](COC(C)=O)O[C@@H]1n1c(=O)oc2ccc(C)cc21. The minimum atomic E-state index is -1.29. The van der Waals surface area contributed by atoms with Crippen LogP contribution in [0, 0.1) is 6.92 Å². The molecule has 2 aromatic rings. The van der Waals surface area contributed by atoms with Crippen molar-refractivity contribution >= 4 is 34.9 Å². The van der Waals surface area contributed by atoms with E-state index in [0.29, 0.717) is 5.52 Å². The zero-order valence-corrected chi connectivity index (χ0v) is 19.4. The van der Waals surface area contributed by atoms with Crippen molar-refractivity contribution in [3.8, 4) is 0 Å². The van der Waals surface area contributed by atoms with Crippen LogP contribution in [0.4, 0.5) is 0 Å². The molecular weight excluding hydrogens is 452 g/mol. The molecule has 12 nitrogen and oxygen atoms in total. The number of fused-ring (bicyclic) bond motifs is 1. The average Bonchev–Trinajstić information content (AvgIpc) is 3.03. The molecule has 34 heavy (non-hydrogen) atoms. The molecule has 0 radical (unpaired) electrons. The van der Waals surface area contributed by atoms with Crippen LogP contribution in [-0.4, -0.2) is 59.3 Å². The van der Waals surface area contributed by atoms with Crippen molar-refractivity contribution in [3.05, 3.63) is 34.3 Å². The summed E-state index contributed by atoms with van der Waals surface area (Å²) in [5.41, 5.74) is 1.45. The number of ether oxygens (including phenoxy) is 4. The van der Waals surface area contributed by atoms with E-state index in [1.165, 1.54) is 18.4 Å². The first-order valence-electron chi connectivity index (χ1n) is 10.5. The van der Waals surface area contributed by atoms with Crippen molar-refractivity contribution in [2.45, 2.75) is 65.2 Å². The number of nitrogens with zero attached hydrogens (tertiary/aromatic N) is 1. The Balaban J connectivity index is 2.19. The smallest absolute Gasteiger partial charge is 0.422 e. The Kier molecular flexibility index (Phi) is 7.40. The van der Waals surface area contributed by atoms with Crippen molar-refractivity contribution in [3.63, 3.8) is 0 Å². The molecule has 0 unspecified atom stereocenters. The standard InChI is InChI=1S/C22H26N2O10/c1-10-6-7-16-15(8-10)24(22(29)34-16)21-18(23-11(2)25)20(32-14(5)28)19(31-13(4)27)17(33-21)9-30-12(3)26/h6-8,17-21H,9H2,1-5H3,(H,23,25)/t17-,18-,19-,20+,21+/m1/s1. The van der Waals surface area contributed by atoms with Gasteiger partial charge in [-0.3, -0.25) is 19.2 Å². The van der Waals surface area contributed by atoms with E-state index in [0.717, 1.165) is 19.4 Å². The third kappa shape index (κ3) is 5.45. The zero-order valence-electron chi connectivity index (χ0n) is 19.4. The molecule has 0 aliphatic carbocycles. The summed E-state index contributed by atoms with van der Waals surface area (Å²) in [4.78, 5) is 60.2. The average molecular weight is 478 g/mol. The molecule has 1 fully saturated rings. The number of aromatic nitrogens is 1. The summed E-state index contributed by atoms with van der Waals surface area (Å²) in [5.74, 6) is -3.39. The second-order valence-electron chi connectivity index (χ2n) is 7.95. The first-order chi connectivity index (χ1) is 16.0. The van der Waals surface area contributed by atoms with Crippen LogP contribution >= 0.6 is 0 Å². The van der Waals surface area contributed by atoms with E-state index in [9.17, 15) is 24.0 Å². The maximum atomic E-state index is 12.9. The Labute approximate surface area is 194 Å². The lowest BCUT2D eigenvalue weighted by Gasteiger charge is -2.45. The van der Waals surface area contributed by atoms with E-state index in [1.807, 2.05) is 6.92 Å². The Morgan fingerprint density at radius 2 is 1.65 bits per heavy atom. The summed E-state index contributed by atoms with van der Waals surface area (Å²) < 4.78 is 28.5. The van der Waals surface area contributed by atoms with E-state index in [2.05, 4.69) is 5.32 Å². The molecule has 1 N–H and O–H groups in total. The van der Waals surface area contributed by atoms with Crippen LogP contribution in [0.3, 0.4) is 0 Å². The van der Waals surface area contributed by atoms with Gasteiger partial charge in [0.2, 0.25) is 5.91 Å². The van der Waals surface area contributed by atoms with E-state index >= 15 is 0 Å². The maximum Gasteiger partial charge on any atom is 0.422 e. The van der Waals surface area contributed by atoms with Gasteiger partial charge in [-0.2, -0.15) is 0 Å². The first kappa shape index (κ1) is 25.0. The van der Waals surface area contributed by atoms with Gasteiger partial charge in [-0.1, -0.05) is 6.07 Å². The molecule has 0 saturated carbocycles. The van der Waals surface area contributed by atoms with Crippen LogP contribution in [0.15, 0.2) is 27.4 Å². The number of hydrogen-bond acceptors (Lipinski definition) is 10. The number of aryl methyl sites for hydroxylation is 1. The highest BCUT2D eigenvalue weighted by Gasteiger charge is 2.52. The summed E-state index contributed by atoms with van der Waals surface area (Å²) in [6.07, 6.45) is -4.96. The number of carbonyl (C=O) groups is 4. The van der Waals surface area contributed by atoms with Gasteiger partial charge in [0.1, 0.15) is 18.8 Å². The Hall–Kier alpha value is -3.67. The second-order valence-corrected chi connectivity index (χ2v) is 7.95. The van der Waals surface area contributed by atoms with E-state index in [-0.39, 0.29) is 12.2 Å². The summed E-state index contributed by atoms with van der Waals surface area (Å²) in [5, 5.41) is 2.63. The number of hydrogen-bond donors (Lipinski definition) is 1. The highest BCUT2D eigenvalue weighted by molar-refractivity contribution is 5.75. The fraction of sp³-hybridized carbons (Fsp3) is 0.500. The minimum Gasteiger partial charge on any atom is -0.463 e. The zero-order chi connectivity index (χ0) is 25.2. The van der Waals surface area contributed by atoms with Crippen LogP contribution in [0.2, 0.25) is 0 Å². The molecular formula is C22H26N2O10. The number of benzene rings is 1. The molecule has 1 aromatic heterocycles. The minimum absolute atomic E-state index is 0.267. The van der Waals surface area contributed by atoms with Crippen molar-refractivity contribution in [1.82, 2.24) is 9.88 Å². The molecule has 1 aliphatic heterocycles. The second kappa shape index (κ2) is 10.1. The van der Waals surface area contributed by atoms with Gasteiger partial charge in [-0.25, -0.2) is 9.36 Å². The van der Waals surface area contributed by atoms with Gasteiger partial charge in [0.15, 0.2) is 24.0 Å². The summed E-state index contributed by atoms with van der Waals surface area (Å²) in [6.45, 7) is 6.14.